The first-order chi connectivity index (χ1) is 10.2. The normalized spacial score (nSPS) is 22.3. The Morgan fingerprint density at radius 3 is 3.00 bits per heavy atom. The van der Waals surface area contributed by atoms with Gasteiger partial charge >= 0.3 is 0 Å². The lowest BCUT2D eigenvalue weighted by Gasteiger charge is -2.33. The van der Waals surface area contributed by atoms with Crippen LogP contribution in [0.3, 0.4) is 0 Å². The summed E-state index contributed by atoms with van der Waals surface area (Å²) in [4.78, 5) is 7.18. The fourth-order valence-corrected chi connectivity index (χ4v) is 4.77. The van der Waals surface area contributed by atoms with E-state index in [2.05, 4.69) is 15.2 Å². The molecule has 0 aliphatic carbocycles. The van der Waals surface area contributed by atoms with Crippen LogP contribution in [0.25, 0.3) is 10.2 Å². The van der Waals surface area contributed by atoms with E-state index in [1.807, 2.05) is 0 Å². The molecule has 5 heteroatoms. The maximum absolute atomic E-state index is 13.3. The first-order valence-electron chi connectivity index (χ1n) is 7.71. The molecule has 4 rings (SSSR count). The summed E-state index contributed by atoms with van der Waals surface area (Å²) < 4.78 is 14.2. The van der Waals surface area contributed by atoms with Crippen LogP contribution in [0.5, 0.6) is 0 Å². The zero-order chi connectivity index (χ0) is 14.3. The van der Waals surface area contributed by atoms with Gasteiger partial charge in [0.05, 0.1) is 16.8 Å². The minimum Gasteiger partial charge on any atom is -0.317 e. The van der Waals surface area contributed by atoms with Crippen LogP contribution in [0, 0.1) is 11.2 Å². The molecule has 21 heavy (non-hydrogen) atoms. The molecule has 0 saturated carbocycles. The van der Waals surface area contributed by atoms with Crippen molar-refractivity contribution in [3.63, 3.8) is 0 Å². The van der Waals surface area contributed by atoms with Crippen molar-refractivity contribution in [2.75, 3.05) is 26.2 Å². The number of benzene rings is 1. The minimum atomic E-state index is -0.174. The van der Waals surface area contributed by atoms with Gasteiger partial charge in [-0.2, -0.15) is 0 Å². The van der Waals surface area contributed by atoms with E-state index in [-0.39, 0.29) is 5.82 Å². The standard InChI is InChI=1S/C16H20FN3S/c17-12-1-2-13-14(9-12)21-15(19-13)10-20-8-5-16(11-20)3-6-18-7-4-16/h1-2,9,18H,3-8,10-11H2. The molecule has 3 heterocycles. The van der Waals surface area contributed by atoms with Crippen molar-refractivity contribution in [3.8, 4) is 0 Å². The molecular formula is C16H20FN3S. The summed E-state index contributed by atoms with van der Waals surface area (Å²) in [6.45, 7) is 5.60. The van der Waals surface area contributed by atoms with Gasteiger partial charge in [-0.1, -0.05) is 0 Å². The number of aromatic nitrogens is 1. The lowest BCUT2D eigenvalue weighted by atomic mass is 9.78. The predicted molar refractivity (Wildman–Crippen MR) is 84.0 cm³/mol. The van der Waals surface area contributed by atoms with Gasteiger partial charge in [-0.05, 0) is 62.5 Å². The average Bonchev–Trinajstić information content (AvgIpc) is 3.04. The highest BCUT2D eigenvalue weighted by atomic mass is 32.1. The first kappa shape index (κ1) is 13.6. The smallest absolute Gasteiger partial charge is 0.124 e. The van der Waals surface area contributed by atoms with Gasteiger partial charge in [0.1, 0.15) is 10.8 Å². The Morgan fingerprint density at radius 2 is 2.14 bits per heavy atom. The topological polar surface area (TPSA) is 28.2 Å². The molecule has 1 aromatic carbocycles. The van der Waals surface area contributed by atoms with Crippen molar-refractivity contribution in [1.82, 2.24) is 15.2 Å². The van der Waals surface area contributed by atoms with Crippen molar-refractivity contribution in [2.45, 2.75) is 25.8 Å². The van der Waals surface area contributed by atoms with E-state index in [4.69, 9.17) is 0 Å². The molecule has 2 fully saturated rings. The van der Waals surface area contributed by atoms with Gasteiger partial charge in [-0.3, -0.25) is 4.90 Å². The fraction of sp³-hybridized carbons (Fsp3) is 0.562. The van der Waals surface area contributed by atoms with Crippen LogP contribution in [0.2, 0.25) is 0 Å². The largest absolute Gasteiger partial charge is 0.317 e. The minimum absolute atomic E-state index is 0.174. The Bertz CT molecular complexity index is 648. The number of nitrogens with zero attached hydrogens (tertiary/aromatic N) is 2. The lowest BCUT2D eigenvalue weighted by molar-refractivity contribution is 0.194. The van der Waals surface area contributed by atoms with E-state index in [0.717, 1.165) is 34.9 Å². The molecule has 0 bridgehead atoms. The Kier molecular flexibility index (Phi) is 3.44. The third-order valence-corrected chi connectivity index (χ3v) is 5.94. The van der Waals surface area contributed by atoms with Crippen molar-refractivity contribution in [1.29, 1.82) is 0 Å². The second-order valence-electron chi connectivity index (χ2n) is 6.43. The predicted octanol–water partition coefficient (Wildman–Crippen LogP) is 3.01. The molecule has 0 atom stereocenters. The Hall–Kier alpha value is -1.04. The highest BCUT2D eigenvalue weighted by Crippen LogP contribution is 2.39. The van der Waals surface area contributed by atoms with E-state index in [9.17, 15) is 4.39 Å². The van der Waals surface area contributed by atoms with Gasteiger partial charge < -0.3 is 5.32 Å². The van der Waals surface area contributed by atoms with E-state index in [0.29, 0.717) is 5.41 Å². The maximum atomic E-state index is 13.3. The number of hydrogen-bond donors (Lipinski definition) is 1. The van der Waals surface area contributed by atoms with E-state index >= 15 is 0 Å². The number of fused-ring (bicyclic) bond motifs is 1. The van der Waals surface area contributed by atoms with Crippen molar-refractivity contribution < 1.29 is 4.39 Å². The van der Waals surface area contributed by atoms with Crippen LogP contribution in [0.4, 0.5) is 4.39 Å². The summed E-state index contributed by atoms with van der Waals surface area (Å²) >= 11 is 1.63. The number of thiazole rings is 1. The van der Waals surface area contributed by atoms with Gasteiger partial charge in [0.2, 0.25) is 0 Å². The van der Waals surface area contributed by atoms with Crippen LogP contribution < -0.4 is 5.32 Å². The second kappa shape index (κ2) is 5.30. The van der Waals surface area contributed by atoms with E-state index < -0.39 is 0 Å². The number of piperidine rings is 1. The van der Waals surface area contributed by atoms with E-state index in [1.165, 1.54) is 38.4 Å². The highest BCUT2D eigenvalue weighted by molar-refractivity contribution is 7.18. The summed E-state index contributed by atoms with van der Waals surface area (Å²) in [5.74, 6) is -0.174. The summed E-state index contributed by atoms with van der Waals surface area (Å²) in [5, 5.41) is 4.57. The maximum Gasteiger partial charge on any atom is 0.124 e. The van der Waals surface area contributed by atoms with Crippen molar-refractivity contribution in [3.05, 3.63) is 29.0 Å². The van der Waals surface area contributed by atoms with Gasteiger partial charge in [0.15, 0.2) is 0 Å². The molecule has 3 nitrogen and oxygen atoms in total. The third kappa shape index (κ3) is 2.70. The molecule has 0 radical (unpaired) electrons. The molecule has 2 aliphatic heterocycles. The molecule has 2 saturated heterocycles. The van der Waals surface area contributed by atoms with Gasteiger partial charge in [-0.25, -0.2) is 9.37 Å². The molecule has 2 aliphatic rings. The first-order valence-corrected chi connectivity index (χ1v) is 8.52. The van der Waals surface area contributed by atoms with Crippen LogP contribution >= 0.6 is 11.3 Å². The van der Waals surface area contributed by atoms with Crippen LogP contribution in [0.15, 0.2) is 18.2 Å². The number of rotatable bonds is 2. The number of hydrogen-bond acceptors (Lipinski definition) is 4. The van der Waals surface area contributed by atoms with Gasteiger partial charge in [0.25, 0.3) is 0 Å². The van der Waals surface area contributed by atoms with Gasteiger partial charge in [0, 0.05) is 6.54 Å². The molecule has 2 aromatic rings. The number of nitrogens with one attached hydrogen (secondary N) is 1. The Labute approximate surface area is 128 Å². The van der Waals surface area contributed by atoms with Crippen LogP contribution in [0.1, 0.15) is 24.3 Å². The van der Waals surface area contributed by atoms with E-state index in [1.54, 1.807) is 23.5 Å². The molecule has 112 valence electrons. The average molecular weight is 305 g/mol. The monoisotopic (exact) mass is 305 g/mol. The molecule has 1 aromatic heterocycles. The molecular weight excluding hydrogens is 285 g/mol. The zero-order valence-corrected chi connectivity index (χ0v) is 12.9. The molecule has 1 N–H and O–H groups in total. The quantitative estimate of drug-likeness (QED) is 0.924. The van der Waals surface area contributed by atoms with Crippen molar-refractivity contribution >= 4 is 21.6 Å². The molecule has 1 spiro atoms. The zero-order valence-electron chi connectivity index (χ0n) is 12.1. The van der Waals surface area contributed by atoms with Gasteiger partial charge in [-0.15, -0.1) is 11.3 Å². The van der Waals surface area contributed by atoms with Crippen LogP contribution in [-0.2, 0) is 6.54 Å². The summed E-state index contributed by atoms with van der Waals surface area (Å²) in [7, 11) is 0. The lowest BCUT2D eigenvalue weighted by Crippen LogP contribution is -2.38. The summed E-state index contributed by atoms with van der Waals surface area (Å²) in [6.07, 6.45) is 3.91. The number of halogens is 1. The Morgan fingerprint density at radius 1 is 1.29 bits per heavy atom. The summed E-state index contributed by atoms with van der Waals surface area (Å²) in [5.41, 5.74) is 1.46. The fourth-order valence-electron chi connectivity index (χ4n) is 3.73. The molecule has 0 unspecified atom stereocenters. The molecule has 0 amide bonds. The summed E-state index contributed by atoms with van der Waals surface area (Å²) in [6, 6.07) is 4.86. The van der Waals surface area contributed by atoms with Crippen LogP contribution in [-0.4, -0.2) is 36.1 Å². The number of likely N-dealkylation sites (tertiary alicyclic amines) is 1. The second-order valence-corrected chi connectivity index (χ2v) is 7.55. The Balaban J connectivity index is 1.48. The highest BCUT2D eigenvalue weighted by Gasteiger charge is 2.38. The van der Waals surface area contributed by atoms with Crippen molar-refractivity contribution in [2.24, 2.45) is 5.41 Å². The SMILES string of the molecule is Fc1ccc2nc(CN3CCC4(CCNCC4)C3)sc2c1. The third-order valence-electron chi connectivity index (χ3n) is 4.94.